The number of hydrogen-bond donors (Lipinski definition) is 1. The molecule has 0 saturated carbocycles. The summed E-state index contributed by atoms with van der Waals surface area (Å²) in [6.45, 7) is 6.55. The molecule has 0 atom stereocenters. The first-order valence-corrected chi connectivity index (χ1v) is 9.85. The van der Waals surface area contributed by atoms with Gasteiger partial charge in [-0.2, -0.15) is 0 Å². The van der Waals surface area contributed by atoms with Crippen LogP contribution in [-0.4, -0.2) is 49.1 Å². The molecule has 2 aromatic rings. The largest absolute Gasteiger partial charge is 0.367 e. The molecule has 25 heavy (non-hydrogen) atoms. The van der Waals surface area contributed by atoms with Crippen molar-refractivity contribution < 1.29 is 0 Å². The van der Waals surface area contributed by atoms with E-state index in [0.717, 1.165) is 55.0 Å². The van der Waals surface area contributed by atoms with E-state index < -0.39 is 0 Å². The molecule has 0 bridgehead atoms. The fourth-order valence-electron chi connectivity index (χ4n) is 2.96. The number of para-hydroxylation sites is 1. The molecule has 0 aliphatic carbocycles. The van der Waals surface area contributed by atoms with Gasteiger partial charge in [0.1, 0.15) is 0 Å². The van der Waals surface area contributed by atoms with Crippen LogP contribution in [0.5, 0.6) is 0 Å². The van der Waals surface area contributed by atoms with Crippen LogP contribution in [-0.2, 0) is 13.0 Å². The molecule has 1 aromatic carbocycles. The van der Waals surface area contributed by atoms with Gasteiger partial charge in [-0.15, -0.1) is 11.3 Å². The maximum atomic E-state index is 6.32. The SMILES string of the molecule is CCc1nc(CNC(=NC)N2CCN(c3ccccc3Cl)CC2)cs1. The van der Waals surface area contributed by atoms with Gasteiger partial charge in [0.15, 0.2) is 5.96 Å². The Balaban J connectivity index is 1.54. The van der Waals surface area contributed by atoms with Crippen LogP contribution >= 0.6 is 22.9 Å². The minimum absolute atomic E-state index is 0.716. The quantitative estimate of drug-likeness (QED) is 0.656. The van der Waals surface area contributed by atoms with E-state index in [2.05, 4.69) is 43.5 Å². The summed E-state index contributed by atoms with van der Waals surface area (Å²) in [6, 6.07) is 8.03. The maximum Gasteiger partial charge on any atom is 0.194 e. The Morgan fingerprint density at radius 1 is 1.28 bits per heavy atom. The van der Waals surface area contributed by atoms with Crippen molar-refractivity contribution in [2.24, 2.45) is 4.99 Å². The van der Waals surface area contributed by atoms with E-state index in [9.17, 15) is 0 Å². The summed E-state index contributed by atoms with van der Waals surface area (Å²) in [7, 11) is 1.83. The van der Waals surface area contributed by atoms with Crippen molar-refractivity contribution >= 4 is 34.6 Å². The highest BCUT2D eigenvalue weighted by atomic mass is 35.5. The first-order chi connectivity index (χ1) is 12.2. The summed E-state index contributed by atoms with van der Waals surface area (Å²) < 4.78 is 0. The van der Waals surface area contributed by atoms with Gasteiger partial charge in [-0.25, -0.2) is 4.98 Å². The summed E-state index contributed by atoms with van der Waals surface area (Å²) in [5.41, 5.74) is 2.19. The van der Waals surface area contributed by atoms with Crippen LogP contribution in [0.25, 0.3) is 0 Å². The van der Waals surface area contributed by atoms with Crippen molar-refractivity contribution in [2.45, 2.75) is 19.9 Å². The molecule has 1 N–H and O–H groups in total. The van der Waals surface area contributed by atoms with E-state index in [1.807, 2.05) is 25.2 Å². The van der Waals surface area contributed by atoms with Gasteiger partial charge in [0.2, 0.25) is 0 Å². The van der Waals surface area contributed by atoms with Crippen molar-refractivity contribution in [3.8, 4) is 0 Å². The summed E-state index contributed by atoms with van der Waals surface area (Å²) in [5.74, 6) is 0.935. The first kappa shape index (κ1) is 18.0. The van der Waals surface area contributed by atoms with Crippen molar-refractivity contribution in [2.75, 3.05) is 38.1 Å². The number of hydrogen-bond acceptors (Lipinski definition) is 4. The smallest absolute Gasteiger partial charge is 0.194 e. The topological polar surface area (TPSA) is 43.8 Å². The molecule has 1 aromatic heterocycles. The third-order valence-electron chi connectivity index (χ3n) is 4.31. The lowest BCUT2D eigenvalue weighted by Gasteiger charge is -2.38. The van der Waals surface area contributed by atoms with Crippen LogP contribution in [0.2, 0.25) is 5.02 Å². The predicted octanol–water partition coefficient (Wildman–Crippen LogP) is 3.26. The second kappa shape index (κ2) is 8.54. The summed E-state index contributed by atoms with van der Waals surface area (Å²) >= 11 is 8.04. The zero-order valence-electron chi connectivity index (χ0n) is 14.7. The molecule has 0 unspecified atom stereocenters. The molecule has 1 fully saturated rings. The van der Waals surface area contributed by atoms with E-state index in [0.29, 0.717) is 6.54 Å². The van der Waals surface area contributed by atoms with Crippen molar-refractivity contribution in [3.63, 3.8) is 0 Å². The molecule has 2 heterocycles. The number of piperazine rings is 1. The Hall–Kier alpha value is -1.79. The predicted molar refractivity (Wildman–Crippen MR) is 107 cm³/mol. The van der Waals surface area contributed by atoms with E-state index >= 15 is 0 Å². The number of halogens is 1. The van der Waals surface area contributed by atoms with E-state index in [-0.39, 0.29) is 0 Å². The Bertz CT molecular complexity index is 722. The highest BCUT2D eigenvalue weighted by molar-refractivity contribution is 7.09. The molecule has 134 valence electrons. The number of nitrogens with zero attached hydrogens (tertiary/aromatic N) is 4. The van der Waals surface area contributed by atoms with Crippen LogP contribution in [0.1, 0.15) is 17.6 Å². The molecular formula is C18H24ClN5S. The molecule has 7 heteroatoms. The van der Waals surface area contributed by atoms with Gasteiger partial charge in [-0.1, -0.05) is 30.7 Å². The molecule has 0 amide bonds. The third-order valence-corrected chi connectivity index (χ3v) is 5.68. The normalized spacial score (nSPS) is 15.6. The van der Waals surface area contributed by atoms with Gasteiger partial charge in [-0.3, -0.25) is 4.99 Å². The number of aromatic nitrogens is 1. The minimum atomic E-state index is 0.716. The van der Waals surface area contributed by atoms with Gasteiger partial charge >= 0.3 is 0 Å². The molecule has 1 saturated heterocycles. The molecular weight excluding hydrogens is 354 g/mol. The highest BCUT2D eigenvalue weighted by Crippen LogP contribution is 2.26. The minimum Gasteiger partial charge on any atom is -0.367 e. The van der Waals surface area contributed by atoms with Crippen LogP contribution in [0.3, 0.4) is 0 Å². The van der Waals surface area contributed by atoms with Gasteiger partial charge in [0.25, 0.3) is 0 Å². The molecule has 3 rings (SSSR count). The van der Waals surface area contributed by atoms with Gasteiger partial charge < -0.3 is 15.1 Å². The zero-order valence-corrected chi connectivity index (χ0v) is 16.3. The highest BCUT2D eigenvalue weighted by Gasteiger charge is 2.21. The van der Waals surface area contributed by atoms with Gasteiger partial charge in [-0.05, 0) is 18.6 Å². The van der Waals surface area contributed by atoms with Crippen molar-refractivity contribution in [1.29, 1.82) is 0 Å². The lowest BCUT2D eigenvalue weighted by atomic mass is 10.2. The number of thiazole rings is 1. The number of nitrogens with one attached hydrogen (secondary N) is 1. The number of anilines is 1. The second-order valence-electron chi connectivity index (χ2n) is 5.91. The molecule has 0 radical (unpaired) electrons. The van der Waals surface area contributed by atoms with E-state index in [4.69, 9.17) is 11.6 Å². The van der Waals surface area contributed by atoms with E-state index in [1.165, 1.54) is 5.01 Å². The Labute approximate surface area is 158 Å². The van der Waals surface area contributed by atoms with Crippen molar-refractivity contribution in [1.82, 2.24) is 15.2 Å². The number of benzene rings is 1. The van der Waals surface area contributed by atoms with Crippen LogP contribution in [0.15, 0.2) is 34.6 Å². The molecule has 0 spiro atoms. The lowest BCUT2D eigenvalue weighted by molar-refractivity contribution is 0.372. The summed E-state index contributed by atoms with van der Waals surface area (Å²) in [5, 5.41) is 7.55. The Morgan fingerprint density at radius 2 is 2.04 bits per heavy atom. The number of aryl methyl sites for hydroxylation is 1. The van der Waals surface area contributed by atoms with Crippen LogP contribution in [0, 0.1) is 0 Å². The van der Waals surface area contributed by atoms with Crippen LogP contribution in [0.4, 0.5) is 5.69 Å². The Morgan fingerprint density at radius 3 is 2.68 bits per heavy atom. The average molecular weight is 378 g/mol. The monoisotopic (exact) mass is 377 g/mol. The molecule has 1 aliphatic heterocycles. The standard InChI is InChI=1S/C18H24ClN5S/c1-3-17-22-14(13-25-17)12-21-18(20-2)24-10-8-23(9-11-24)16-7-5-4-6-15(16)19/h4-7,13H,3,8-12H2,1-2H3,(H,20,21). The fraction of sp³-hybridized carbons (Fsp3) is 0.444. The number of guanidine groups is 1. The zero-order chi connectivity index (χ0) is 17.6. The fourth-order valence-corrected chi connectivity index (χ4v) is 3.96. The van der Waals surface area contributed by atoms with Gasteiger partial charge in [0, 0.05) is 38.6 Å². The third kappa shape index (κ3) is 4.44. The summed E-state index contributed by atoms with van der Waals surface area (Å²) in [6.07, 6.45) is 0.989. The van der Waals surface area contributed by atoms with Gasteiger partial charge in [0.05, 0.1) is 28.0 Å². The molecule has 5 nitrogen and oxygen atoms in total. The van der Waals surface area contributed by atoms with Crippen molar-refractivity contribution in [3.05, 3.63) is 45.4 Å². The average Bonchev–Trinajstić information content (AvgIpc) is 3.11. The maximum absolute atomic E-state index is 6.32. The first-order valence-electron chi connectivity index (χ1n) is 8.59. The number of aliphatic imine (C=N–C) groups is 1. The second-order valence-corrected chi connectivity index (χ2v) is 7.26. The summed E-state index contributed by atoms with van der Waals surface area (Å²) in [4.78, 5) is 13.7. The lowest BCUT2D eigenvalue weighted by Crippen LogP contribution is -2.52. The van der Waals surface area contributed by atoms with Crippen LogP contribution < -0.4 is 10.2 Å². The van der Waals surface area contributed by atoms with E-state index in [1.54, 1.807) is 11.3 Å². The molecule has 1 aliphatic rings. The number of rotatable bonds is 4. The Kier molecular flexibility index (Phi) is 6.15.